The lowest BCUT2D eigenvalue weighted by molar-refractivity contribution is 0.100. The average Bonchev–Trinajstić information content (AvgIpc) is 3.21. The molecular weight excluding hydrogens is 504 g/mol. The van der Waals surface area contributed by atoms with Crippen molar-refractivity contribution in [3.8, 4) is 16.3 Å². The van der Waals surface area contributed by atoms with Crippen LogP contribution < -0.4 is 21.3 Å². The van der Waals surface area contributed by atoms with E-state index in [9.17, 15) is 19.5 Å². The first-order valence-corrected chi connectivity index (χ1v) is 13.7. The number of carbonyl (C=O) groups is 2. The van der Waals surface area contributed by atoms with Crippen molar-refractivity contribution in [2.45, 2.75) is 73.9 Å². The highest BCUT2D eigenvalue weighted by molar-refractivity contribution is 7.17. The third-order valence-electron chi connectivity index (χ3n) is 6.23. The smallest absolute Gasteiger partial charge is 0.405 e. The Labute approximate surface area is 227 Å². The first-order valence-electron chi connectivity index (χ1n) is 12.9. The molecule has 0 saturated heterocycles. The Morgan fingerprint density at radius 2 is 1.92 bits per heavy atom. The summed E-state index contributed by atoms with van der Waals surface area (Å²) in [6.07, 6.45) is 0.526. The van der Waals surface area contributed by atoms with Gasteiger partial charge >= 0.3 is 6.09 Å². The fraction of sp³-hybridized carbons (Fsp3) is 0.500. The summed E-state index contributed by atoms with van der Waals surface area (Å²) >= 11 is 1.20. The monoisotopic (exact) mass is 542 g/mol. The van der Waals surface area contributed by atoms with E-state index in [0.717, 1.165) is 12.8 Å². The fourth-order valence-electron chi connectivity index (χ4n) is 4.44. The van der Waals surface area contributed by atoms with Crippen molar-refractivity contribution in [1.29, 1.82) is 0 Å². The third-order valence-corrected chi connectivity index (χ3v) is 7.45. The van der Waals surface area contributed by atoms with Crippen LogP contribution in [0.15, 0.2) is 23.0 Å². The third kappa shape index (κ3) is 6.18. The van der Waals surface area contributed by atoms with Crippen LogP contribution in [0.2, 0.25) is 0 Å². The molecule has 38 heavy (non-hydrogen) atoms. The van der Waals surface area contributed by atoms with Crippen molar-refractivity contribution in [3.05, 3.63) is 44.8 Å². The predicted octanol–water partition coefficient (Wildman–Crippen LogP) is 5.72. The molecule has 1 unspecified atom stereocenters. The van der Waals surface area contributed by atoms with Crippen LogP contribution in [0, 0.1) is 18.3 Å². The summed E-state index contributed by atoms with van der Waals surface area (Å²) in [5.74, 6) is 0.0671. The van der Waals surface area contributed by atoms with Crippen LogP contribution in [0.5, 0.6) is 5.75 Å². The van der Waals surface area contributed by atoms with E-state index in [4.69, 9.17) is 10.5 Å². The molecule has 2 amide bonds. The summed E-state index contributed by atoms with van der Waals surface area (Å²) in [7, 11) is 0. The van der Waals surface area contributed by atoms with E-state index in [1.165, 1.54) is 11.3 Å². The van der Waals surface area contributed by atoms with Gasteiger partial charge in [-0.2, -0.15) is 0 Å². The Kier molecular flexibility index (Phi) is 8.86. The number of thiazole rings is 1. The number of unbranched alkanes of at least 4 members (excludes halogenated alkanes) is 1. The van der Waals surface area contributed by atoms with Crippen LogP contribution >= 0.6 is 11.3 Å². The lowest BCUT2D eigenvalue weighted by Crippen LogP contribution is -2.40. The van der Waals surface area contributed by atoms with Crippen molar-refractivity contribution in [2.75, 3.05) is 6.61 Å². The van der Waals surface area contributed by atoms with Gasteiger partial charge in [0.25, 0.3) is 11.5 Å². The van der Waals surface area contributed by atoms with Crippen LogP contribution in [-0.4, -0.2) is 33.3 Å². The Hall–Kier alpha value is -3.40. The highest BCUT2D eigenvalue weighted by atomic mass is 32.1. The minimum absolute atomic E-state index is 0.127. The number of aromatic nitrogens is 2. The van der Waals surface area contributed by atoms with Gasteiger partial charge < -0.3 is 25.5 Å². The molecule has 0 radical (unpaired) electrons. The highest BCUT2D eigenvalue weighted by Crippen LogP contribution is 2.42. The summed E-state index contributed by atoms with van der Waals surface area (Å²) < 4.78 is 8.07. The maximum absolute atomic E-state index is 13.9. The van der Waals surface area contributed by atoms with E-state index in [0.29, 0.717) is 56.5 Å². The molecule has 9 nitrogen and oxygen atoms in total. The molecule has 2 aromatic heterocycles. The van der Waals surface area contributed by atoms with Gasteiger partial charge in [0, 0.05) is 17.5 Å². The molecule has 0 fully saturated rings. The minimum Gasteiger partial charge on any atom is -0.491 e. The number of hydrogen-bond acceptors (Lipinski definition) is 6. The largest absolute Gasteiger partial charge is 0.491 e. The normalized spacial score (nSPS) is 12.6. The molecule has 0 aliphatic heterocycles. The van der Waals surface area contributed by atoms with Gasteiger partial charge in [-0.15, -0.1) is 11.3 Å². The number of amides is 2. The number of primary amides is 1. The average molecular weight is 543 g/mol. The maximum Gasteiger partial charge on any atom is 0.405 e. The quantitative estimate of drug-likeness (QED) is 0.280. The predicted molar refractivity (Wildman–Crippen MR) is 151 cm³/mol. The zero-order valence-electron chi connectivity index (χ0n) is 23.2. The maximum atomic E-state index is 13.9. The number of fused-ring (bicyclic) bond motifs is 1. The van der Waals surface area contributed by atoms with E-state index in [1.54, 1.807) is 23.6 Å². The van der Waals surface area contributed by atoms with Crippen LogP contribution in [0.1, 0.15) is 81.5 Å². The summed E-state index contributed by atoms with van der Waals surface area (Å²) in [6, 6.07) is 4.67. The molecule has 1 atom stereocenters. The zero-order valence-corrected chi connectivity index (χ0v) is 24.0. The van der Waals surface area contributed by atoms with E-state index in [2.05, 4.69) is 17.2 Å². The van der Waals surface area contributed by atoms with Gasteiger partial charge in [0.1, 0.15) is 15.6 Å². The second-order valence-electron chi connectivity index (χ2n) is 11.0. The molecule has 0 aliphatic rings. The second-order valence-corrected chi connectivity index (χ2v) is 12.0. The molecule has 0 bridgehead atoms. The summed E-state index contributed by atoms with van der Waals surface area (Å²) in [6.45, 7) is 14.4. The molecule has 0 saturated carbocycles. The van der Waals surface area contributed by atoms with Gasteiger partial charge in [-0.1, -0.05) is 54.0 Å². The Morgan fingerprint density at radius 3 is 2.45 bits per heavy atom. The number of pyridine rings is 1. The molecule has 1 aromatic carbocycles. The van der Waals surface area contributed by atoms with E-state index in [-0.39, 0.29) is 11.5 Å². The number of hydrogen-bond donors (Lipinski definition) is 3. The SMILES string of the molecule is CCCCOc1c(C(NC(=O)O)C(C)(C)C)n(CC(C)C)c(=O)c2ccc(-c3nc(C)c(C(N)=O)s3)cc12. The van der Waals surface area contributed by atoms with Crippen molar-refractivity contribution in [2.24, 2.45) is 17.1 Å². The number of rotatable bonds is 10. The molecule has 10 heteroatoms. The van der Waals surface area contributed by atoms with Crippen LogP contribution in [0.3, 0.4) is 0 Å². The number of ether oxygens (including phenoxy) is 1. The lowest BCUT2D eigenvalue weighted by Gasteiger charge is -2.34. The molecule has 0 spiro atoms. The van der Waals surface area contributed by atoms with Gasteiger partial charge in [0.05, 0.1) is 29.4 Å². The molecule has 3 rings (SSSR count). The molecule has 3 aromatic rings. The van der Waals surface area contributed by atoms with Gasteiger partial charge in [-0.3, -0.25) is 9.59 Å². The lowest BCUT2D eigenvalue weighted by atomic mass is 9.83. The number of carboxylic acid groups (broad SMARTS) is 1. The van der Waals surface area contributed by atoms with Gasteiger partial charge in [0.2, 0.25) is 0 Å². The molecule has 0 aliphatic carbocycles. The minimum atomic E-state index is -1.18. The molecule has 4 N–H and O–H groups in total. The first kappa shape index (κ1) is 29.2. The first-order chi connectivity index (χ1) is 17.8. The molecule has 206 valence electrons. The number of benzene rings is 1. The topological polar surface area (TPSA) is 137 Å². The van der Waals surface area contributed by atoms with E-state index in [1.807, 2.05) is 40.7 Å². The molecular formula is C28H38N4O5S. The Morgan fingerprint density at radius 1 is 1.24 bits per heavy atom. The van der Waals surface area contributed by atoms with E-state index < -0.39 is 23.5 Å². The Balaban J connectivity index is 2.44. The fourth-order valence-corrected chi connectivity index (χ4v) is 5.35. The standard InChI is InChI=1S/C28H38N4O5S/c1-8-9-12-37-21-19-13-17(25-30-16(4)22(38-25)24(29)33)10-11-18(19)26(34)32(14-15(2)3)20(21)23(28(5,6)7)31-27(35)36/h10-11,13,15,23,31H,8-9,12,14H2,1-7H3,(H2,29,33)(H,35,36). The number of nitrogens with one attached hydrogen (secondary N) is 1. The van der Waals surface area contributed by atoms with Gasteiger partial charge in [-0.05, 0) is 36.8 Å². The highest BCUT2D eigenvalue weighted by Gasteiger charge is 2.35. The van der Waals surface area contributed by atoms with Crippen LogP contribution in [-0.2, 0) is 6.54 Å². The number of carbonyl (C=O) groups excluding carboxylic acids is 1. The number of nitrogens with zero attached hydrogens (tertiary/aromatic N) is 2. The van der Waals surface area contributed by atoms with Gasteiger partial charge in [-0.25, -0.2) is 9.78 Å². The summed E-state index contributed by atoms with van der Waals surface area (Å²) in [5, 5.41) is 14.1. The number of aryl methyl sites for hydroxylation is 1. The zero-order chi connectivity index (χ0) is 28.4. The van der Waals surface area contributed by atoms with Crippen molar-refractivity contribution < 1.29 is 19.4 Å². The van der Waals surface area contributed by atoms with E-state index >= 15 is 0 Å². The van der Waals surface area contributed by atoms with Crippen LogP contribution in [0.25, 0.3) is 21.3 Å². The molecule has 2 heterocycles. The Bertz CT molecular complexity index is 1400. The second kappa shape index (κ2) is 11.6. The van der Waals surface area contributed by atoms with Gasteiger partial charge in [0.15, 0.2) is 0 Å². The number of nitrogens with two attached hydrogens (primary N) is 1. The van der Waals surface area contributed by atoms with Crippen molar-refractivity contribution >= 4 is 34.1 Å². The van der Waals surface area contributed by atoms with Crippen molar-refractivity contribution in [1.82, 2.24) is 14.9 Å². The summed E-state index contributed by atoms with van der Waals surface area (Å²) in [5.41, 5.74) is 6.49. The van der Waals surface area contributed by atoms with Crippen molar-refractivity contribution in [3.63, 3.8) is 0 Å². The summed E-state index contributed by atoms with van der Waals surface area (Å²) in [4.78, 5) is 42.6. The van der Waals surface area contributed by atoms with Crippen LogP contribution in [0.4, 0.5) is 4.79 Å².